The van der Waals surface area contributed by atoms with E-state index in [1.54, 1.807) is 6.20 Å². The summed E-state index contributed by atoms with van der Waals surface area (Å²) in [5.41, 5.74) is 3.10. The van der Waals surface area contributed by atoms with Crippen LogP contribution in [0.15, 0.2) is 48.7 Å². The molecule has 1 aliphatic carbocycles. The van der Waals surface area contributed by atoms with E-state index in [4.69, 9.17) is 31.0 Å². The van der Waals surface area contributed by atoms with Gasteiger partial charge in [-0.25, -0.2) is 9.97 Å². The van der Waals surface area contributed by atoms with Crippen LogP contribution in [0.25, 0.3) is 0 Å². The van der Waals surface area contributed by atoms with Crippen LogP contribution in [-0.2, 0) is 12.0 Å². The Bertz CT molecular complexity index is 1320. The van der Waals surface area contributed by atoms with Crippen molar-refractivity contribution in [2.75, 3.05) is 24.8 Å². The highest BCUT2D eigenvalue weighted by Gasteiger charge is 2.42. The lowest BCUT2D eigenvalue weighted by molar-refractivity contribution is 0.0947. The quantitative estimate of drug-likeness (QED) is 0.427. The van der Waals surface area contributed by atoms with Gasteiger partial charge < -0.3 is 19.7 Å². The van der Waals surface area contributed by atoms with Gasteiger partial charge in [0.15, 0.2) is 11.5 Å². The molecule has 0 radical (unpaired) electrons. The second-order valence-corrected chi connectivity index (χ2v) is 11.2. The minimum Gasteiger partial charge on any atom is -0.454 e. The number of rotatable bonds is 6. The Hall–Kier alpha value is -3.32. The molecule has 0 spiro atoms. The molecular weight excluding hydrogens is 500 g/mol. The number of hydrogen-bond acceptors (Lipinski definition) is 6. The lowest BCUT2D eigenvalue weighted by Gasteiger charge is -2.34. The van der Waals surface area contributed by atoms with Gasteiger partial charge in [-0.2, -0.15) is 0 Å². The molecule has 1 aromatic heterocycles. The minimum atomic E-state index is -0.352. The van der Waals surface area contributed by atoms with Gasteiger partial charge in [-0.15, -0.1) is 0 Å². The van der Waals surface area contributed by atoms with E-state index in [9.17, 15) is 4.79 Å². The summed E-state index contributed by atoms with van der Waals surface area (Å²) in [6.45, 7) is 4.74. The number of nitrogens with one attached hydrogen (secondary N) is 1. The van der Waals surface area contributed by atoms with Gasteiger partial charge in [-0.1, -0.05) is 49.6 Å². The average Bonchev–Trinajstić information content (AvgIpc) is 3.62. The van der Waals surface area contributed by atoms with E-state index in [1.165, 1.54) is 6.42 Å². The van der Waals surface area contributed by atoms with Crippen LogP contribution >= 0.6 is 11.6 Å². The number of aromatic nitrogens is 2. The molecule has 1 N–H and O–H groups in total. The fourth-order valence-corrected chi connectivity index (χ4v) is 6.29. The third kappa shape index (κ3) is 4.80. The Kier molecular flexibility index (Phi) is 6.87. The summed E-state index contributed by atoms with van der Waals surface area (Å²) in [6.07, 6.45) is 8.12. The Morgan fingerprint density at radius 1 is 1.11 bits per heavy atom. The van der Waals surface area contributed by atoms with E-state index < -0.39 is 0 Å². The fourth-order valence-electron chi connectivity index (χ4n) is 6.17. The number of ether oxygens (including phenoxy) is 2. The molecule has 3 heterocycles. The van der Waals surface area contributed by atoms with Gasteiger partial charge in [0, 0.05) is 36.3 Å². The van der Waals surface area contributed by atoms with Crippen molar-refractivity contribution in [2.24, 2.45) is 5.92 Å². The smallest absolute Gasteiger partial charge is 0.255 e. The predicted octanol–water partition coefficient (Wildman–Crippen LogP) is 5.89. The van der Waals surface area contributed by atoms with E-state index in [0.29, 0.717) is 28.8 Å². The molecule has 2 aromatic carbocycles. The first-order valence-electron chi connectivity index (χ1n) is 13.6. The zero-order chi connectivity index (χ0) is 26.1. The van der Waals surface area contributed by atoms with Gasteiger partial charge in [0.1, 0.15) is 0 Å². The molecule has 1 unspecified atom stereocenters. The van der Waals surface area contributed by atoms with Crippen molar-refractivity contribution in [3.05, 3.63) is 76.1 Å². The van der Waals surface area contributed by atoms with Crippen LogP contribution in [0.3, 0.4) is 0 Å². The number of nitrogens with zero attached hydrogens (tertiary/aromatic N) is 3. The van der Waals surface area contributed by atoms with Crippen molar-refractivity contribution < 1.29 is 14.3 Å². The van der Waals surface area contributed by atoms with Crippen LogP contribution in [0.2, 0.25) is 5.02 Å². The van der Waals surface area contributed by atoms with E-state index in [0.717, 1.165) is 73.7 Å². The summed E-state index contributed by atoms with van der Waals surface area (Å²) in [4.78, 5) is 25.9. The maximum Gasteiger partial charge on any atom is 0.255 e. The Labute approximate surface area is 228 Å². The first-order valence-corrected chi connectivity index (χ1v) is 13.9. The molecule has 1 atom stereocenters. The standard InChI is InChI=1S/C30H33ClN4O3/c1-20-5-4-14-35(18-20)29-33-17-24(28(36)32-16-21-6-11-25-26(15-21)38-19-37-25)27(34-29)30(12-2-3-13-30)22-7-9-23(31)10-8-22/h6-11,15,17,20H,2-5,12-14,16,18-19H2,1H3,(H,32,36). The van der Waals surface area contributed by atoms with E-state index in [1.807, 2.05) is 30.3 Å². The van der Waals surface area contributed by atoms with Crippen LogP contribution in [0.5, 0.6) is 11.5 Å². The molecule has 3 aromatic rings. The highest BCUT2D eigenvalue weighted by atomic mass is 35.5. The Morgan fingerprint density at radius 3 is 2.68 bits per heavy atom. The zero-order valence-corrected chi connectivity index (χ0v) is 22.5. The molecule has 7 nitrogen and oxygen atoms in total. The van der Waals surface area contributed by atoms with Gasteiger partial charge in [-0.3, -0.25) is 4.79 Å². The number of hydrogen-bond donors (Lipinski definition) is 1. The van der Waals surface area contributed by atoms with Crippen molar-refractivity contribution in [3.63, 3.8) is 0 Å². The zero-order valence-electron chi connectivity index (χ0n) is 21.7. The van der Waals surface area contributed by atoms with Gasteiger partial charge in [0.25, 0.3) is 5.91 Å². The fraction of sp³-hybridized carbons (Fsp3) is 0.433. The first kappa shape index (κ1) is 25.0. The topological polar surface area (TPSA) is 76.6 Å². The summed E-state index contributed by atoms with van der Waals surface area (Å²) >= 11 is 6.25. The third-order valence-electron chi connectivity index (χ3n) is 8.16. The third-order valence-corrected chi connectivity index (χ3v) is 8.41. The van der Waals surface area contributed by atoms with Crippen molar-refractivity contribution >= 4 is 23.5 Å². The lowest BCUT2D eigenvalue weighted by atomic mass is 9.74. The Morgan fingerprint density at radius 2 is 1.89 bits per heavy atom. The van der Waals surface area contributed by atoms with E-state index in [2.05, 4.69) is 29.3 Å². The number of anilines is 1. The number of carbonyl (C=O) groups excluding carboxylic acids is 1. The van der Waals surface area contributed by atoms with Crippen LogP contribution in [-0.4, -0.2) is 35.8 Å². The number of carbonyl (C=O) groups is 1. The summed E-state index contributed by atoms with van der Waals surface area (Å²) in [5, 5.41) is 3.81. The summed E-state index contributed by atoms with van der Waals surface area (Å²) < 4.78 is 10.9. The first-order chi connectivity index (χ1) is 18.5. The van der Waals surface area contributed by atoms with Crippen LogP contribution in [0, 0.1) is 5.92 Å². The average molecular weight is 533 g/mol. The van der Waals surface area contributed by atoms with E-state index in [-0.39, 0.29) is 18.1 Å². The number of amides is 1. The summed E-state index contributed by atoms with van der Waals surface area (Å²) in [7, 11) is 0. The summed E-state index contributed by atoms with van der Waals surface area (Å²) in [5.74, 6) is 2.57. The van der Waals surface area contributed by atoms with Gasteiger partial charge >= 0.3 is 0 Å². The van der Waals surface area contributed by atoms with Gasteiger partial charge in [-0.05, 0) is 67.0 Å². The van der Waals surface area contributed by atoms with Crippen LogP contribution < -0.4 is 19.7 Å². The van der Waals surface area contributed by atoms with E-state index >= 15 is 0 Å². The number of benzene rings is 2. The molecule has 1 saturated heterocycles. The highest BCUT2D eigenvalue weighted by molar-refractivity contribution is 6.30. The normalized spacial score (nSPS) is 19.9. The van der Waals surface area contributed by atoms with Crippen LogP contribution in [0.4, 0.5) is 5.95 Å². The molecule has 6 rings (SSSR count). The van der Waals surface area contributed by atoms with Crippen molar-refractivity contribution in [2.45, 2.75) is 57.4 Å². The number of fused-ring (bicyclic) bond motifs is 1. The molecule has 2 aliphatic heterocycles. The second kappa shape index (κ2) is 10.4. The maximum absolute atomic E-state index is 13.7. The molecule has 2 fully saturated rings. The summed E-state index contributed by atoms with van der Waals surface area (Å²) in [6, 6.07) is 13.8. The van der Waals surface area contributed by atoms with Crippen molar-refractivity contribution in [1.82, 2.24) is 15.3 Å². The van der Waals surface area contributed by atoms with Gasteiger partial charge in [0.2, 0.25) is 12.7 Å². The SMILES string of the molecule is CC1CCCN(c2ncc(C(=O)NCc3ccc4c(c3)OCO4)c(C3(c4ccc(Cl)cc4)CCCC3)n2)C1. The molecule has 1 saturated carbocycles. The van der Waals surface area contributed by atoms with Crippen molar-refractivity contribution in [1.29, 1.82) is 0 Å². The monoisotopic (exact) mass is 532 g/mol. The second-order valence-electron chi connectivity index (χ2n) is 10.8. The minimum absolute atomic E-state index is 0.170. The largest absolute Gasteiger partial charge is 0.454 e. The highest BCUT2D eigenvalue weighted by Crippen LogP contribution is 2.47. The molecule has 0 bridgehead atoms. The number of piperidine rings is 1. The molecular formula is C30H33ClN4O3. The number of halogens is 1. The Balaban J connectivity index is 1.36. The lowest BCUT2D eigenvalue weighted by Crippen LogP contribution is -2.37. The van der Waals surface area contributed by atoms with Gasteiger partial charge in [0.05, 0.1) is 11.3 Å². The maximum atomic E-state index is 13.7. The van der Waals surface area contributed by atoms with Crippen LogP contribution in [0.1, 0.15) is 72.6 Å². The molecule has 38 heavy (non-hydrogen) atoms. The molecule has 1 amide bonds. The molecule has 8 heteroatoms. The predicted molar refractivity (Wildman–Crippen MR) is 147 cm³/mol. The molecule has 3 aliphatic rings. The van der Waals surface area contributed by atoms with Crippen molar-refractivity contribution in [3.8, 4) is 11.5 Å². The molecule has 198 valence electrons.